The van der Waals surface area contributed by atoms with Crippen LogP contribution >= 0.6 is 15.9 Å². The summed E-state index contributed by atoms with van der Waals surface area (Å²) in [4.78, 5) is 17.2. The van der Waals surface area contributed by atoms with Crippen molar-refractivity contribution >= 4 is 43.6 Å². The molecule has 3 heterocycles. The monoisotopic (exact) mass is 346 g/mol. The molecule has 5 nitrogen and oxygen atoms in total. The normalized spacial score (nSPS) is 16.4. The van der Waals surface area contributed by atoms with Crippen LogP contribution in [-0.2, 0) is 12.6 Å². The van der Waals surface area contributed by atoms with Gasteiger partial charge in [0.05, 0.1) is 39.4 Å². The molecule has 0 bridgehead atoms. The minimum atomic E-state index is -0.316. The number of rotatable bonds is 0. The second-order valence-electron chi connectivity index (χ2n) is 6.15. The van der Waals surface area contributed by atoms with Crippen LogP contribution in [0.25, 0.3) is 21.9 Å². The van der Waals surface area contributed by atoms with Crippen molar-refractivity contribution in [1.29, 1.82) is 0 Å². The summed E-state index contributed by atoms with van der Waals surface area (Å²) in [5.41, 5.74) is 3.41. The van der Waals surface area contributed by atoms with E-state index in [2.05, 4.69) is 40.1 Å². The first-order valence-corrected chi connectivity index (χ1v) is 7.64. The van der Waals surface area contributed by atoms with Gasteiger partial charge in [0.25, 0.3) is 0 Å². The Morgan fingerprint density at radius 1 is 1.38 bits per heavy atom. The Hall–Kier alpha value is -1.82. The van der Waals surface area contributed by atoms with Gasteiger partial charge in [0.1, 0.15) is 0 Å². The molecular weight excluding hydrogens is 332 g/mol. The Morgan fingerprint density at radius 3 is 2.90 bits per heavy atom. The SMILES string of the molecule is Cn1c(=O)n2c3c4c(c(Br)ccc4ncc31)NCC2(C)C. The van der Waals surface area contributed by atoms with Gasteiger partial charge >= 0.3 is 5.69 Å². The van der Waals surface area contributed by atoms with Gasteiger partial charge in [-0.2, -0.15) is 0 Å². The Morgan fingerprint density at radius 2 is 2.14 bits per heavy atom. The number of anilines is 1. The third-order valence-corrected chi connectivity index (χ3v) is 4.96. The molecule has 1 aromatic carbocycles. The fourth-order valence-corrected chi connectivity index (χ4v) is 3.64. The number of halogens is 1. The summed E-state index contributed by atoms with van der Waals surface area (Å²) in [7, 11) is 1.80. The van der Waals surface area contributed by atoms with Crippen molar-refractivity contribution in [3.05, 3.63) is 33.3 Å². The molecule has 108 valence electrons. The Kier molecular flexibility index (Phi) is 2.38. The van der Waals surface area contributed by atoms with Gasteiger partial charge in [0.2, 0.25) is 0 Å². The van der Waals surface area contributed by atoms with Crippen LogP contribution in [0.1, 0.15) is 13.8 Å². The van der Waals surface area contributed by atoms with Crippen LogP contribution in [0.4, 0.5) is 5.69 Å². The first-order valence-electron chi connectivity index (χ1n) is 6.85. The Labute approximate surface area is 129 Å². The molecule has 0 radical (unpaired) electrons. The highest BCUT2D eigenvalue weighted by Gasteiger charge is 2.31. The predicted molar refractivity (Wildman–Crippen MR) is 88.0 cm³/mol. The van der Waals surface area contributed by atoms with E-state index in [1.54, 1.807) is 17.8 Å². The van der Waals surface area contributed by atoms with Gasteiger partial charge in [-0.05, 0) is 41.9 Å². The molecule has 0 aliphatic carbocycles. The molecule has 3 aromatic rings. The lowest BCUT2D eigenvalue weighted by Gasteiger charge is -2.25. The second-order valence-corrected chi connectivity index (χ2v) is 7.01. The number of hydrogen-bond donors (Lipinski definition) is 1. The maximum atomic E-state index is 12.7. The largest absolute Gasteiger partial charge is 0.381 e. The van der Waals surface area contributed by atoms with E-state index in [0.29, 0.717) is 6.54 Å². The highest BCUT2D eigenvalue weighted by Crippen LogP contribution is 2.39. The molecule has 0 atom stereocenters. The maximum Gasteiger partial charge on any atom is 0.329 e. The van der Waals surface area contributed by atoms with Crippen molar-refractivity contribution < 1.29 is 0 Å². The molecular formula is C15H15BrN4O. The summed E-state index contributed by atoms with van der Waals surface area (Å²) in [5.74, 6) is 0. The van der Waals surface area contributed by atoms with Crippen LogP contribution in [0.3, 0.4) is 0 Å². The fourth-order valence-electron chi connectivity index (χ4n) is 3.17. The van der Waals surface area contributed by atoms with E-state index in [0.717, 1.165) is 32.1 Å². The first-order chi connectivity index (χ1) is 9.92. The van der Waals surface area contributed by atoms with Crippen LogP contribution in [0.2, 0.25) is 0 Å². The zero-order valence-electron chi connectivity index (χ0n) is 12.1. The smallest absolute Gasteiger partial charge is 0.329 e. The summed E-state index contributed by atoms with van der Waals surface area (Å²) in [6.45, 7) is 4.83. The number of hydrogen-bond acceptors (Lipinski definition) is 3. The number of aryl methyl sites for hydroxylation is 1. The van der Waals surface area contributed by atoms with Crippen molar-refractivity contribution in [2.45, 2.75) is 19.4 Å². The van der Waals surface area contributed by atoms with E-state index >= 15 is 0 Å². The van der Waals surface area contributed by atoms with Crippen molar-refractivity contribution in [3.8, 4) is 0 Å². The minimum Gasteiger partial charge on any atom is -0.381 e. The lowest BCUT2D eigenvalue weighted by Crippen LogP contribution is -2.40. The molecule has 2 aromatic heterocycles. The van der Waals surface area contributed by atoms with E-state index in [-0.39, 0.29) is 11.2 Å². The highest BCUT2D eigenvalue weighted by atomic mass is 79.9. The van der Waals surface area contributed by atoms with Gasteiger partial charge in [-0.15, -0.1) is 0 Å². The number of aromatic nitrogens is 3. The third kappa shape index (κ3) is 1.51. The number of benzene rings is 1. The van der Waals surface area contributed by atoms with Crippen molar-refractivity contribution in [2.75, 3.05) is 11.9 Å². The predicted octanol–water partition coefficient (Wildman–Crippen LogP) is 2.81. The summed E-state index contributed by atoms with van der Waals surface area (Å²) in [6, 6.07) is 3.97. The van der Waals surface area contributed by atoms with Crippen molar-refractivity contribution in [3.63, 3.8) is 0 Å². The molecule has 1 N–H and O–H groups in total. The molecule has 0 spiro atoms. The van der Waals surface area contributed by atoms with Gasteiger partial charge in [-0.25, -0.2) is 4.79 Å². The van der Waals surface area contributed by atoms with E-state index in [9.17, 15) is 4.79 Å². The van der Waals surface area contributed by atoms with Crippen LogP contribution in [-0.4, -0.2) is 20.7 Å². The van der Waals surface area contributed by atoms with E-state index in [1.165, 1.54) is 0 Å². The molecule has 1 aliphatic heterocycles. The molecule has 6 heteroatoms. The molecule has 0 amide bonds. The van der Waals surface area contributed by atoms with Crippen LogP contribution in [0, 0.1) is 0 Å². The van der Waals surface area contributed by atoms with Crippen molar-refractivity contribution in [1.82, 2.24) is 14.1 Å². The second kappa shape index (κ2) is 3.88. The lowest BCUT2D eigenvalue weighted by atomic mass is 10.1. The average Bonchev–Trinajstić information content (AvgIpc) is 2.62. The molecule has 1 aliphatic rings. The lowest BCUT2D eigenvalue weighted by molar-refractivity contribution is 0.376. The van der Waals surface area contributed by atoms with Crippen LogP contribution < -0.4 is 11.0 Å². The Bertz CT molecular complexity index is 967. The number of nitrogens with one attached hydrogen (secondary N) is 1. The molecule has 0 saturated carbocycles. The maximum absolute atomic E-state index is 12.7. The van der Waals surface area contributed by atoms with Gasteiger partial charge in [0.15, 0.2) is 0 Å². The van der Waals surface area contributed by atoms with E-state index in [1.807, 2.05) is 16.7 Å². The molecule has 21 heavy (non-hydrogen) atoms. The molecule has 0 saturated heterocycles. The van der Waals surface area contributed by atoms with E-state index in [4.69, 9.17) is 0 Å². The number of pyridine rings is 1. The van der Waals surface area contributed by atoms with Gasteiger partial charge in [0, 0.05) is 18.1 Å². The molecule has 0 unspecified atom stereocenters. The standard InChI is InChI=1S/C15H15BrN4O/c1-15(2)7-18-12-8(16)4-5-9-11(12)13-10(6-17-9)19(3)14(21)20(13)15/h4-6,18H,7H2,1-3H3. The summed E-state index contributed by atoms with van der Waals surface area (Å²) in [5, 5.41) is 4.48. The first kappa shape index (κ1) is 12.9. The van der Waals surface area contributed by atoms with Gasteiger partial charge < -0.3 is 5.32 Å². The number of imidazole rings is 1. The average molecular weight is 347 g/mol. The topological polar surface area (TPSA) is 51.9 Å². The summed E-state index contributed by atoms with van der Waals surface area (Å²) in [6.07, 6.45) is 1.79. The van der Waals surface area contributed by atoms with Crippen LogP contribution in [0.15, 0.2) is 27.6 Å². The molecule has 0 fully saturated rings. The van der Waals surface area contributed by atoms with Crippen LogP contribution in [0.5, 0.6) is 0 Å². The Balaban J connectivity index is 2.40. The zero-order valence-corrected chi connectivity index (χ0v) is 13.7. The summed E-state index contributed by atoms with van der Waals surface area (Å²) >= 11 is 3.61. The third-order valence-electron chi connectivity index (χ3n) is 4.30. The van der Waals surface area contributed by atoms with Gasteiger partial charge in [-0.1, -0.05) is 0 Å². The summed E-state index contributed by atoms with van der Waals surface area (Å²) < 4.78 is 4.56. The quantitative estimate of drug-likeness (QED) is 0.680. The highest BCUT2D eigenvalue weighted by molar-refractivity contribution is 9.10. The zero-order chi connectivity index (χ0) is 14.9. The van der Waals surface area contributed by atoms with Crippen molar-refractivity contribution in [2.24, 2.45) is 7.05 Å². The molecule has 4 rings (SSSR count). The fraction of sp³-hybridized carbons (Fsp3) is 0.333. The van der Waals surface area contributed by atoms with E-state index < -0.39 is 0 Å². The minimum absolute atomic E-state index is 0.000995. The van der Waals surface area contributed by atoms with Gasteiger partial charge in [-0.3, -0.25) is 14.1 Å². The number of nitrogens with zero attached hydrogens (tertiary/aromatic N) is 3.